The molecule has 0 bridgehead atoms. The molecule has 3 N–H and O–H groups in total. The van der Waals surface area contributed by atoms with E-state index in [4.69, 9.17) is 21.1 Å². The van der Waals surface area contributed by atoms with Gasteiger partial charge in [0, 0.05) is 44.5 Å². The van der Waals surface area contributed by atoms with Crippen LogP contribution in [0, 0.1) is 11.3 Å². The van der Waals surface area contributed by atoms with Gasteiger partial charge in [0.05, 0.1) is 24.1 Å². The van der Waals surface area contributed by atoms with E-state index < -0.39 is 11.5 Å². The quantitative estimate of drug-likeness (QED) is 0.428. The number of carbonyl (C=O) groups excluding carboxylic acids is 3. The SMILES string of the molecule is COc1ccc(NC(=O)CN2CC[C@H]3NC(=O)[C@@H](Cc4ccccc4)NC(=O)C4(C/C=C/C[C@H]3C2)CCOCC4)cc1Cl. The van der Waals surface area contributed by atoms with Gasteiger partial charge in [0.25, 0.3) is 0 Å². The summed E-state index contributed by atoms with van der Waals surface area (Å²) in [4.78, 5) is 42.6. The van der Waals surface area contributed by atoms with E-state index >= 15 is 0 Å². The van der Waals surface area contributed by atoms with E-state index in [-0.39, 0.29) is 36.2 Å². The number of halogens is 1. The van der Waals surface area contributed by atoms with Gasteiger partial charge in [0.15, 0.2) is 0 Å². The second-order valence-electron chi connectivity index (χ2n) is 11.8. The number of likely N-dealkylation sites (tertiary alicyclic amines) is 1. The van der Waals surface area contributed by atoms with Gasteiger partial charge >= 0.3 is 0 Å². The number of nitrogens with zero attached hydrogens (tertiary/aromatic N) is 1. The van der Waals surface area contributed by atoms with Gasteiger partial charge in [-0.2, -0.15) is 0 Å². The van der Waals surface area contributed by atoms with Gasteiger partial charge in [-0.25, -0.2) is 0 Å². The van der Waals surface area contributed by atoms with Gasteiger partial charge < -0.3 is 25.4 Å². The average molecular weight is 609 g/mol. The summed E-state index contributed by atoms with van der Waals surface area (Å²) in [6.45, 7) is 2.63. The maximum atomic E-state index is 13.8. The lowest BCUT2D eigenvalue weighted by Gasteiger charge is -2.40. The lowest BCUT2D eigenvalue weighted by Crippen LogP contribution is -2.58. The van der Waals surface area contributed by atoms with Crippen LogP contribution in [0.4, 0.5) is 5.69 Å². The monoisotopic (exact) mass is 608 g/mol. The summed E-state index contributed by atoms with van der Waals surface area (Å²) in [5.74, 6) is 0.302. The van der Waals surface area contributed by atoms with Crippen LogP contribution < -0.4 is 20.7 Å². The number of anilines is 1. The molecule has 3 aliphatic heterocycles. The molecule has 3 atom stereocenters. The van der Waals surface area contributed by atoms with Crippen LogP contribution in [0.2, 0.25) is 5.02 Å². The second-order valence-corrected chi connectivity index (χ2v) is 12.2. The zero-order chi connectivity index (χ0) is 30.2. The molecule has 0 aliphatic carbocycles. The van der Waals surface area contributed by atoms with Crippen molar-refractivity contribution < 1.29 is 23.9 Å². The summed E-state index contributed by atoms with van der Waals surface area (Å²) >= 11 is 6.22. The highest BCUT2D eigenvalue weighted by atomic mass is 35.5. The van der Waals surface area contributed by atoms with Crippen molar-refractivity contribution in [2.45, 2.75) is 50.6 Å². The number of ether oxygens (including phenoxy) is 2. The van der Waals surface area contributed by atoms with Crippen molar-refractivity contribution in [2.24, 2.45) is 11.3 Å². The first-order chi connectivity index (χ1) is 20.8. The molecule has 1 spiro atoms. The number of methoxy groups -OCH3 is 1. The van der Waals surface area contributed by atoms with Gasteiger partial charge in [-0.1, -0.05) is 54.1 Å². The van der Waals surface area contributed by atoms with E-state index in [0.717, 1.165) is 12.0 Å². The maximum absolute atomic E-state index is 13.8. The smallest absolute Gasteiger partial charge is 0.243 e. The van der Waals surface area contributed by atoms with Gasteiger partial charge in [0.1, 0.15) is 11.8 Å². The Hall–Kier alpha value is -3.40. The molecule has 2 fully saturated rings. The van der Waals surface area contributed by atoms with Crippen LogP contribution in [0.3, 0.4) is 0 Å². The topological polar surface area (TPSA) is 109 Å². The molecule has 3 heterocycles. The minimum atomic E-state index is -0.682. The van der Waals surface area contributed by atoms with Crippen molar-refractivity contribution in [1.82, 2.24) is 15.5 Å². The molecule has 0 saturated carbocycles. The third-order valence-electron chi connectivity index (χ3n) is 8.90. The van der Waals surface area contributed by atoms with E-state index in [9.17, 15) is 14.4 Å². The van der Waals surface area contributed by atoms with E-state index in [0.29, 0.717) is 74.9 Å². The van der Waals surface area contributed by atoms with Crippen LogP contribution in [0.1, 0.15) is 37.7 Å². The molecule has 43 heavy (non-hydrogen) atoms. The summed E-state index contributed by atoms with van der Waals surface area (Å²) < 4.78 is 10.8. The second kappa shape index (κ2) is 14.4. The molecule has 2 aromatic rings. The molecule has 2 saturated heterocycles. The largest absolute Gasteiger partial charge is 0.495 e. The highest BCUT2D eigenvalue weighted by Gasteiger charge is 2.41. The standard InChI is InChI=1S/C33H41ClN4O5/c1-42-29-11-10-25(20-26(29)34)35-30(39)22-38-16-12-27-24(21-38)9-5-6-13-33(14-17-43-18-15-33)32(41)37-28(31(40)36-27)19-23-7-3-2-4-8-23/h2-8,10-11,20,24,27-28H,9,12-19,21-22H2,1H3,(H,35,39)(H,36,40)(H,37,41)/b6-5+/t24-,27+,28+/m0/s1. The number of rotatable bonds is 6. The summed E-state index contributed by atoms with van der Waals surface area (Å²) in [7, 11) is 1.55. The molecule has 3 amide bonds. The Morgan fingerprint density at radius 2 is 1.91 bits per heavy atom. The van der Waals surface area contributed by atoms with Crippen LogP contribution in [0.5, 0.6) is 5.75 Å². The van der Waals surface area contributed by atoms with Crippen LogP contribution in [-0.2, 0) is 25.5 Å². The number of amides is 3. The molecule has 0 radical (unpaired) electrons. The number of hydrogen-bond acceptors (Lipinski definition) is 6. The molecule has 3 aliphatic rings. The Morgan fingerprint density at radius 1 is 1.12 bits per heavy atom. The number of hydrogen-bond donors (Lipinski definition) is 3. The lowest BCUT2D eigenvalue weighted by atomic mass is 9.75. The maximum Gasteiger partial charge on any atom is 0.243 e. The lowest BCUT2D eigenvalue weighted by molar-refractivity contribution is -0.140. The van der Waals surface area contributed by atoms with Gasteiger partial charge in [-0.3, -0.25) is 19.3 Å². The van der Waals surface area contributed by atoms with E-state index in [1.807, 2.05) is 30.3 Å². The minimum absolute atomic E-state index is 0.0662. The zero-order valence-corrected chi connectivity index (χ0v) is 25.4. The molecule has 9 nitrogen and oxygen atoms in total. The summed E-state index contributed by atoms with van der Waals surface area (Å²) in [6.07, 6.45) is 7.98. The predicted octanol–water partition coefficient (Wildman–Crippen LogP) is 3.97. The van der Waals surface area contributed by atoms with Gasteiger partial charge in [-0.15, -0.1) is 0 Å². The van der Waals surface area contributed by atoms with Crippen molar-refractivity contribution in [3.63, 3.8) is 0 Å². The molecule has 5 rings (SSSR count). The van der Waals surface area contributed by atoms with E-state index in [1.165, 1.54) is 0 Å². The predicted molar refractivity (Wildman–Crippen MR) is 166 cm³/mol. The van der Waals surface area contributed by atoms with Crippen LogP contribution >= 0.6 is 11.6 Å². The Morgan fingerprint density at radius 3 is 2.65 bits per heavy atom. The van der Waals surface area contributed by atoms with E-state index in [1.54, 1.807) is 25.3 Å². The first kappa shape index (κ1) is 31.0. The molecule has 0 unspecified atom stereocenters. The normalized spacial score (nSPS) is 25.3. The first-order valence-corrected chi connectivity index (χ1v) is 15.5. The van der Waals surface area contributed by atoms with Gasteiger partial charge in [-0.05, 0) is 61.8 Å². The third-order valence-corrected chi connectivity index (χ3v) is 9.19. The zero-order valence-electron chi connectivity index (χ0n) is 24.7. The molecule has 230 valence electrons. The molecule has 10 heteroatoms. The van der Waals surface area contributed by atoms with Crippen molar-refractivity contribution >= 4 is 35.0 Å². The summed E-state index contributed by atoms with van der Waals surface area (Å²) in [5.41, 5.74) is 1.01. The number of allylic oxidation sites excluding steroid dienone is 2. The van der Waals surface area contributed by atoms with Crippen molar-refractivity contribution in [2.75, 3.05) is 45.3 Å². The Bertz CT molecular complexity index is 1310. The molecule has 2 aromatic carbocycles. The molecular formula is C33H41ClN4O5. The van der Waals surface area contributed by atoms with Crippen molar-refractivity contribution in [1.29, 1.82) is 0 Å². The summed E-state index contributed by atoms with van der Waals surface area (Å²) in [5, 5.41) is 9.78. The molecular weight excluding hydrogens is 568 g/mol. The fourth-order valence-corrected chi connectivity index (χ4v) is 6.61. The van der Waals surface area contributed by atoms with Crippen LogP contribution in [-0.4, -0.2) is 74.7 Å². The Labute approximate surface area is 258 Å². The van der Waals surface area contributed by atoms with Gasteiger partial charge in [0.2, 0.25) is 17.7 Å². The number of nitrogens with one attached hydrogen (secondary N) is 3. The average Bonchev–Trinajstić information content (AvgIpc) is 3.00. The third kappa shape index (κ3) is 7.96. The Balaban J connectivity index is 1.30. The molecule has 0 aromatic heterocycles. The van der Waals surface area contributed by atoms with Crippen LogP contribution in [0.15, 0.2) is 60.7 Å². The number of carbonyl (C=O) groups is 3. The highest BCUT2D eigenvalue weighted by Crippen LogP contribution is 2.36. The first-order valence-electron chi connectivity index (χ1n) is 15.1. The number of fused-ring (bicyclic) bond motifs is 1. The minimum Gasteiger partial charge on any atom is -0.495 e. The van der Waals surface area contributed by atoms with E-state index in [2.05, 4.69) is 33.0 Å². The Kier molecular flexibility index (Phi) is 10.4. The van der Waals surface area contributed by atoms with Crippen LogP contribution in [0.25, 0.3) is 0 Å². The fraction of sp³-hybridized carbons (Fsp3) is 0.485. The highest BCUT2D eigenvalue weighted by molar-refractivity contribution is 6.32. The summed E-state index contributed by atoms with van der Waals surface area (Å²) in [6, 6.07) is 14.2. The number of benzene rings is 2. The number of piperidine rings is 1. The van der Waals surface area contributed by atoms with Crippen molar-refractivity contribution in [3.05, 3.63) is 71.3 Å². The fourth-order valence-electron chi connectivity index (χ4n) is 6.35. The van der Waals surface area contributed by atoms with Crippen molar-refractivity contribution in [3.8, 4) is 5.75 Å².